The van der Waals surface area contributed by atoms with Crippen molar-refractivity contribution in [2.45, 2.75) is 6.54 Å². The third kappa shape index (κ3) is 3.75. The zero-order chi connectivity index (χ0) is 16.9. The molecule has 0 saturated carbocycles. The van der Waals surface area contributed by atoms with Gasteiger partial charge in [-0.2, -0.15) is 5.10 Å². The Bertz CT molecular complexity index is 819. The maximum Gasteiger partial charge on any atom is 0.252 e. The van der Waals surface area contributed by atoms with Crippen LogP contribution in [-0.4, -0.2) is 27.6 Å². The molecular formula is C17H16N4O2S. The fraction of sp³-hybridized carbons (Fsp3) is 0.118. The highest BCUT2D eigenvalue weighted by molar-refractivity contribution is 8.14. The maximum atomic E-state index is 11.3. The minimum absolute atomic E-state index is 0.0868. The van der Waals surface area contributed by atoms with E-state index in [1.807, 2.05) is 30.3 Å². The zero-order valence-corrected chi connectivity index (χ0v) is 13.6. The van der Waals surface area contributed by atoms with E-state index in [-0.39, 0.29) is 11.3 Å². The first-order chi connectivity index (χ1) is 11.6. The lowest BCUT2D eigenvalue weighted by Gasteiger charge is -2.15. The van der Waals surface area contributed by atoms with Gasteiger partial charge in [0.25, 0.3) is 5.91 Å². The molecule has 0 atom stereocenters. The maximum absolute atomic E-state index is 11.3. The second-order valence-electron chi connectivity index (χ2n) is 5.16. The van der Waals surface area contributed by atoms with E-state index in [1.165, 1.54) is 17.8 Å². The van der Waals surface area contributed by atoms with Gasteiger partial charge in [-0.25, -0.2) is 0 Å². The number of carbonyl (C=O) groups is 1. The lowest BCUT2D eigenvalue weighted by Crippen LogP contribution is -2.25. The SMILES string of the molecule is NC(=O)c1cc(C2=NNC(=NCc3ccccc3)SC2)ccc1O. The van der Waals surface area contributed by atoms with Crippen LogP contribution in [0.25, 0.3) is 0 Å². The number of benzene rings is 2. The lowest BCUT2D eigenvalue weighted by molar-refractivity contribution is 0.0997. The van der Waals surface area contributed by atoms with E-state index in [0.717, 1.165) is 22.0 Å². The number of hydrogen-bond donors (Lipinski definition) is 3. The Morgan fingerprint density at radius 3 is 2.75 bits per heavy atom. The number of carbonyl (C=O) groups excluding carboxylic acids is 1. The smallest absolute Gasteiger partial charge is 0.252 e. The molecule has 0 aliphatic carbocycles. The molecule has 3 rings (SSSR count). The van der Waals surface area contributed by atoms with Gasteiger partial charge in [-0.15, -0.1) is 0 Å². The highest BCUT2D eigenvalue weighted by Gasteiger charge is 2.16. The summed E-state index contributed by atoms with van der Waals surface area (Å²) in [5.41, 5.74) is 10.9. The van der Waals surface area contributed by atoms with Crippen molar-refractivity contribution >= 4 is 28.5 Å². The Labute approximate surface area is 143 Å². The number of amidine groups is 1. The second-order valence-corrected chi connectivity index (χ2v) is 6.13. The van der Waals surface area contributed by atoms with Crippen LogP contribution in [0.5, 0.6) is 5.75 Å². The summed E-state index contributed by atoms with van der Waals surface area (Å²) in [6, 6.07) is 14.7. The summed E-state index contributed by atoms with van der Waals surface area (Å²) in [6.07, 6.45) is 0. The summed E-state index contributed by atoms with van der Waals surface area (Å²) in [5, 5.41) is 14.7. The zero-order valence-electron chi connectivity index (χ0n) is 12.8. The standard InChI is InChI=1S/C17H16N4O2S/c18-16(23)13-8-12(6-7-15(13)22)14-10-24-17(21-20-14)19-9-11-4-2-1-3-5-11/h1-8,22H,9-10H2,(H2,18,23)(H,19,21). The number of hydrogen-bond acceptors (Lipinski definition) is 5. The van der Waals surface area contributed by atoms with Gasteiger partial charge in [0.1, 0.15) is 5.75 Å². The van der Waals surface area contributed by atoms with E-state index in [0.29, 0.717) is 12.3 Å². The van der Waals surface area contributed by atoms with E-state index in [9.17, 15) is 9.90 Å². The normalized spacial score (nSPS) is 15.7. The van der Waals surface area contributed by atoms with E-state index < -0.39 is 5.91 Å². The lowest BCUT2D eigenvalue weighted by atomic mass is 10.1. The van der Waals surface area contributed by atoms with Gasteiger partial charge < -0.3 is 10.8 Å². The molecule has 6 nitrogen and oxygen atoms in total. The van der Waals surface area contributed by atoms with Crippen LogP contribution in [0.15, 0.2) is 58.6 Å². The molecule has 1 aliphatic rings. The van der Waals surface area contributed by atoms with Crippen LogP contribution in [0.3, 0.4) is 0 Å². The number of nitrogens with zero attached hydrogens (tertiary/aromatic N) is 2. The van der Waals surface area contributed by atoms with Crippen LogP contribution in [0.4, 0.5) is 0 Å². The minimum atomic E-state index is -0.670. The molecule has 0 bridgehead atoms. The van der Waals surface area contributed by atoms with Gasteiger partial charge in [-0.1, -0.05) is 42.1 Å². The number of rotatable bonds is 4. The van der Waals surface area contributed by atoms with Crippen LogP contribution in [0.1, 0.15) is 21.5 Å². The number of phenols is 1. The first-order valence-electron chi connectivity index (χ1n) is 7.30. The Kier molecular flexibility index (Phi) is 4.81. The average molecular weight is 340 g/mol. The topological polar surface area (TPSA) is 100 Å². The summed E-state index contributed by atoms with van der Waals surface area (Å²) in [7, 11) is 0. The van der Waals surface area contributed by atoms with Crippen molar-refractivity contribution in [3.63, 3.8) is 0 Å². The largest absolute Gasteiger partial charge is 0.507 e. The quantitative estimate of drug-likeness (QED) is 0.793. The monoisotopic (exact) mass is 340 g/mol. The van der Waals surface area contributed by atoms with Gasteiger partial charge in [-0.3, -0.25) is 15.2 Å². The van der Waals surface area contributed by atoms with Crippen LogP contribution >= 0.6 is 11.8 Å². The van der Waals surface area contributed by atoms with Gasteiger partial charge in [0.05, 0.1) is 17.8 Å². The number of nitrogens with two attached hydrogens (primary N) is 1. The van der Waals surface area contributed by atoms with E-state index in [2.05, 4.69) is 15.5 Å². The molecule has 1 heterocycles. The first kappa shape index (κ1) is 16.1. The summed E-state index contributed by atoms with van der Waals surface area (Å²) in [5.74, 6) is -0.186. The van der Waals surface area contributed by atoms with Crippen molar-refractivity contribution in [2.24, 2.45) is 15.8 Å². The molecule has 0 fully saturated rings. The van der Waals surface area contributed by atoms with Crippen molar-refractivity contribution in [3.8, 4) is 5.75 Å². The molecule has 2 aromatic carbocycles. The van der Waals surface area contributed by atoms with Crippen LogP contribution in [-0.2, 0) is 6.54 Å². The van der Waals surface area contributed by atoms with Crippen molar-refractivity contribution in [1.82, 2.24) is 5.43 Å². The number of nitrogens with one attached hydrogen (secondary N) is 1. The third-order valence-corrected chi connectivity index (χ3v) is 4.39. The summed E-state index contributed by atoms with van der Waals surface area (Å²) < 4.78 is 0. The molecule has 0 aromatic heterocycles. The summed E-state index contributed by atoms with van der Waals surface area (Å²) in [6.45, 7) is 0.589. The number of aromatic hydroxyl groups is 1. The first-order valence-corrected chi connectivity index (χ1v) is 8.29. The molecule has 122 valence electrons. The highest BCUT2D eigenvalue weighted by atomic mass is 32.2. The average Bonchev–Trinajstić information content (AvgIpc) is 2.61. The van der Waals surface area contributed by atoms with Gasteiger partial charge in [0.2, 0.25) is 0 Å². The van der Waals surface area contributed by atoms with Gasteiger partial charge >= 0.3 is 0 Å². The Balaban J connectivity index is 1.71. The van der Waals surface area contributed by atoms with E-state index >= 15 is 0 Å². The number of hydrazone groups is 1. The third-order valence-electron chi connectivity index (χ3n) is 3.48. The van der Waals surface area contributed by atoms with Gasteiger partial charge in [-0.05, 0) is 29.3 Å². The predicted octanol–water partition coefficient (Wildman–Crippen LogP) is 2.09. The summed E-state index contributed by atoms with van der Waals surface area (Å²) in [4.78, 5) is 15.8. The molecule has 0 unspecified atom stereocenters. The highest BCUT2D eigenvalue weighted by Crippen LogP contribution is 2.21. The molecule has 0 radical (unpaired) electrons. The Hall–Kier alpha value is -2.80. The van der Waals surface area contributed by atoms with Crippen LogP contribution in [0.2, 0.25) is 0 Å². The van der Waals surface area contributed by atoms with Gasteiger partial charge in [0, 0.05) is 5.75 Å². The minimum Gasteiger partial charge on any atom is -0.507 e. The molecule has 1 aliphatic heterocycles. The van der Waals surface area contributed by atoms with E-state index in [1.54, 1.807) is 12.1 Å². The molecule has 2 aromatic rings. The fourth-order valence-electron chi connectivity index (χ4n) is 2.20. The molecular weight excluding hydrogens is 324 g/mol. The second kappa shape index (κ2) is 7.18. The molecule has 7 heteroatoms. The number of primary amides is 1. The van der Waals surface area contributed by atoms with Crippen LogP contribution < -0.4 is 11.2 Å². The van der Waals surface area contributed by atoms with Crippen molar-refractivity contribution in [1.29, 1.82) is 0 Å². The molecule has 0 saturated heterocycles. The summed E-state index contributed by atoms with van der Waals surface area (Å²) >= 11 is 1.53. The van der Waals surface area contributed by atoms with E-state index in [4.69, 9.17) is 5.73 Å². The molecule has 24 heavy (non-hydrogen) atoms. The van der Waals surface area contributed by atoms with Crippen molar-refractivity contribution in [3.05, 3.63) is 65.2 Å². The molecule has 4 N–H and O–H groups in total. The van der Waals surface area contributed by atoms with Crippen LogP contribution in [0, 0.1) is 0 Å². The molecule has 1 amide bonds. The van der Waals surface area contributed by atoms with Gasteiger partial charge in [0.15, 0.2) is 5.17 Å². The van der Waals surface area contributed by atoms with Crippen molar-refractivity contribution < 1.29 is 9.90 Å². The van der Waals surface area contributed by atoms with Crippen molar-refractivity contribution in [2.75, 3.05) is 5.75 Å². The number of aliphatic imine (C=N–C) groups is 1. The Morgan fingerprint density at radius 2 is 2.08 bits per heavy atom. The molecule has 0 spiro atoms. The Morgan fingerprint density at radius 1 is 1.29 bits per heavy atom. The fourth-order valence-corrected chi connectivity index (χ4v) is 2.98. The number of amides is 1. The number of thioether (sulfide) groups is 1. The predicted molar refractivity (Wildman–Crippen MR) is 96.3 cm³/mol.